The normalized spacial score (nSPS) is 11.0. The van der Waals surface area contributed by atoms with E-state index in [2.05, 4.69) is 46.8 Å². The quantitative estimate of drug-likeness (QED) is 0.616. The molecule has 0 aliphatic heterocycles. The fraction of sp³-hybridized carbons (Fsp3) is 0.647. The summed E-state index contributed by atoms with van der Waals surface area (Å²) in [6.07, 6.45) is 2.50. The summed E-state index contributed by atoms with van der Waals surface area (Å²) in [5.74, 6) is 0.802. The average molecular weight is 236 g/mol. The van der Waals surface area contributed by atoms with Crippen molar-refractivity contribution in [2.45, 2.75) is 68.7 Å². The lowest BCUT2D eigenvalue weighted by molar-refractivity contribution is 0.558. The number of rotatable bonds is 3. The van der Waals surface area contributed by atoms with Gasteiger partial charge in [0.05, 0.1) is 0 Å². The molecule has 0 radical (unpaired) electrons. The van der Waals surface area contributed by atoms with Gasteiger partial charge in [0.15, 0.2) is 0 Å². The Morgan fingerprint density at radius 2 is 1.41 bits per heavy atom. The summed E-state index contributed by atoms with van der Waals surface area (Å²) >= 11 is 0. The summed E-state index contributed by atoms with van der Waals surface area (Å²) in [5.41, 5.74) is 5.82. The minimum Gasteiger partial charge on any atom is -0.0776 e. The van der Waals surface area contributed by atoms with Crippen LogP contribution in [-0.2, 0) is 6.42 Å². The monoisotopic (exact) mass is 236 g/mol. The van der Waals surface area contributed by atoms with Crippen molar-refractivity contribution in [3.05, 3.63) is 34.4 Å². The van der Waals surface area contributed by atoms with E-state index in [9.17, 15) is 0 Å². The highest BCUT2D eigenvalue weighted by molar-refractivity contribution is 5.36. The lowest BCUT2D eigenvalue weighted by Crippen LogP contribution is -2.01. The van der Waals surface area contributed by atoms with Gasteiger partial charge in [-0.3, -0.25) is 0 Å². The second-order valence-electron chi connectivity index (χ2n) is 4.58. The molecule has 0 bridgehead atoms. The Bertz CT molecular complexity index is 310. The third-order valence-electron chi connectivity index (χ3n) is 3.22. The van der Waals surface area contributed by atoms with Crippen molar-refractivity contribution in [1.82, 2.24) is 0 Å². The van der Waals surface area contributed by atoms with Gasteiger partial charge in [0.2, 0.25) is 0 Å². The van der Waals surface area contributed by atoms with Crippen molar-refractivity contribution in [1.29, 1.82) is 0 Å². The van der Waals surface area contributed by atoms with Crippen molar-refractivity contribution in [2.24, 2.45) is 5.92 Å². The Labute approximate surface area is 109 Å². The number of aryl methyl sites for hydroxylation is 3. The molecule has 0 heteroatoms. The maximum Gasteiger partial charge on any atom is -0.0250 e. The van der Waals surface area contributed by atoms with E-state index in [1.54, 1.807) is 0 Å². The molecule has 1 aromatic carbocycles. The molecule has 0 heterocycles. The summed E-state index contributed by atoms with van der Waals surface area (Å²) in [4.78, 5) is 0. The van der Waals surface area contributed by atoms with E-state index < -0.39 is 0 Å². The molecule has 0 fully saturated rings. The SMILES string of the molecule is C.CC.CCC(C)Cc1cc(C)c(C)cc1C. The van der Waals surface area contributed by atoms with Crippen LogP contribution in [0.15, 0.2) is 12.1 Å². The first-order chi connectivity index (χ1) is 7.54. The smallest absolute Gasteiger partial charge is 0.0250 e. The van der Waals surface area contributed by atoms with Crippen molar-refractivity contribution in [3.8, 4) is 0 Å². The van der Waals surface area contributed by atoms with Crippen LogP contribution in [0.2, 0.25) is 0 Å². The van der Waals surface area contributed by atoms with Crippen LogP contribution in [0.3, 0.4) is 0 Å². The van der Waals surface area contributed by atoms with E-state index in [-0.39, 0.29) is 7.43 Å². The first-order valence-corrected chi connectivity index (χ1v) is 6.61. The van der Waals surface area contributed by atoms with Crippen molar-refractivity contribution < 1.29 is 0 Å². The predicted molar refractivity (Wildman–Crippen MR) is 81.9 cm³/mol. The van der Waals surface area contributed by atoms with Crippen LogP contribution in [-0.4, -0.2) is 0 Å². The molecule has 1 unspecified atom stereocenters. The largest absolute Gasteiger partial charge is 0.0776 e. The first kappa shape index (κ1) is 18.6. The van der Waals surface area contributed by atoms with Gasteiger partial charge in [-0.05, 0) is 55.4 Å². The van der Waals surface area contributed by atoms with Crippen LogP contribution < -0.4 is 0 Å². The molecule has 0 spiro atoms. The van der Waals surface area contributed by atoms with Crippen molar-refractivity contribution in [3.63, 3.8) is 0 Å². The average Bonchev–Trinajstić information content (AvgIpc) is 2.28. The molecule has 17 heavy (non-hydrogen) atoms. The van der Waals surface area contributed by atoms with Gasteiger partial charge in [0.25, 0.3) is 0 Å². The van der Waals surface area contributed by atoms with Crippen molar-refractivity contribution >= 4 is 0 Å². The summed E-state index contributed by atoms with van der Waals surface area (Å²) in [6, 6.07) is 4.67. The maximum absolute atomic E-state index is 2.36. The Kier molecular flexibility index (Phi) is 10.1. The highest BCUT2D eigenvalue weighted by Crippen LogP contribution is 2.19. The van der Waals surface area contributed by atoms with Crippen LogP contribution in [0.5, 0.6) is 0 Å². The van der Waals surface area contributed by atoms with Gasteiger partial charge in [-0.1, -0.05) is 53.7 Å². The van der Waals surface area contributed by atoms with Crippen LogP contribution in [0, 0.1) is 26.7 Å². The third-order valence-corrected chi connectivity index (χ3v) is 3.22. The van der Waals surface area contributed by atoms with Gasteiger partial charge < -0.3 is 0 Å². The van der Waals surface area contributed by atoms with E-state index in [0.717, 1.165) is 5.92 Å². The molecule has 0 amide bonds. The molecule has 1 rings (SSSR count). The fourth-order valence-electron chi connectivity index (χ4n) is 1.76. The Morgan fingerprint density at radius 1 is 0.941 bits per heavy atom. The number of hydrogen-bond donors (Lipinski definition) is 0. The van der Waals surface area contributed by atoms with Gasteiger partial charge in [-0.2, -0.15) is 0 Å². The van der Waals surface area contributed by atoms with Crippen LogP contribution in [0.4, 0.5) is 0 Å². The third kappa shape index (κ3) is 5.91. The Hall–Kier alpha value is -0.780. The number of benzene rings is 1. The minimum atomic E-state index is 0. The van der Waals surface area contributed by atoms with E-state index in [1.165, 1.54) is 35.1 Å². The second-order valence-corrected chi connectivity index (χ2v) is 4.58. The van der Waals surface area contributed by atoms with Crippen LogP contribution in [0.25, 0.3) is 0 Å². The Balaban J connectivity index is 0. The highest BCUT2D eigenvalue weighted by atomic mass is 14.1. The van der Waals surface area contributed by atoms with Gasteiger partial charge in [-0.25, -0.2) is 0 Å². The second kappa shape index (κ2) is 9.27. The van der Waals surface area contributed by atoms with Gasteiger partial charge in [0.1, 0.15) is 0 Å². The molecular formula is C17H32. The molecule has 0 N–H and O–H groups in total. The molecule has 0 aliphatic rings. The molecule has 0 saturated heterocycles. The van der Waals surface area contributed by atoms with Gasteiger partial charge in [0, 0.05) is 0 Å². The molecule has 0 nitrogen and oxygen atoms in total. The summed E-state index contributed by atoms with van der Waals surface area (Å²) < 4.78 is 0. The first-order valence-electron chi connectivity index (χ1n) is 6.61. The maximum atomic E-state index is 2.36. The topological polar surface area (TPSA) is 0 Å². The lowest BCUT2D eigenvalue weighted by atomic mass is 9.93. The molecule has 0 saturated carbocycles. The standard InChI is InChI=1S/C14H22.C2H6.CH4/c1-6-10(2)7-14-9-12(4)11(3)8-13(14)5;1-2;/h8-10H,6-7H2,1-5H3;1-2H3;1H4. The summed E-state index contributed by atoms with van der Waals surface area (Å²) in [7, 11) is 0. The zero-order chi connectivity index (χ0) is 12.7. The molecule has 0 aliphatic carbocycles. The highest BCUT2D eigenvalue weighted by Gasteiger charge is 2.05. The molecule has 1 atom stereocenters. The lowest BCUT2D eigenvalue weighted by Gasteiger charge is -2.13. The predicted octanol–water partition coefficient (Wildman–Crippen LogP) is 5.86. The van der Waals surface area contributed by atoms with Crippen LogP contribution in [0.1, 0.15) is 63.8 Å². The van der Waals surface area contributed by atoms with Crippen LogP contribution >= 0.6 is 0 Å². The van der Waals surface area contributed by atoms with E-state index in [1.807, 2.05) is 13.8 Å². The van der Waals surface area contributed by atoms with Crippen molar-refractivity contribution in [2.75, 3.05) is 0 Å². The van der Waals surface area contributed by atoms with Gasteiger partial charge in [-0.15, -0.1) is 0 Å². The minimum absolute atomic E-state index is 0. The molecular weight excluding hydrogens is 204 g/mol. The zero-order valence-electron chi connectivity index (χ0n) is 12.1. The zero-order valence-corrected chi connectivity index (χ0v) is 12.1. The molecule has 100 valence electrons. The van der Waals surface area contributed by atoms with E-state index in [0.29, 0.717) is 0 Å². The summed E-state index contributed by atoms with van der Waals surface area (Å²) in [5, 5.41) is 0. The fourth-order valence-corrected chi connectivity index (χ4v) is 1.76. The van der Waals surface area contributed by atoms with E-state index >= 15 is 0 Å². The van der Waals surface area contributed by atoms with E-state index in [4.69, 9.17) is 0 Å². The summed E-state index contributed by atoms with van der Waals surface area (Å²) in [6.45, 7) is 15.2. The number of hydrogen-bond acceptors (Lipinski definition) is 0. The molecule has 1 aromatic rings. The van der Waals surface area contributed by atoms with Gasteiger partial charge >= 0.3 is 0 Å². The Morgan fingerprint density at radius 3 is 1.88 bits per heavy atom. The molecule has 0 aromatic heterocycles.